The van der Waals surface area contributed by atoms with Gasteiger partial charge in [0.1, 0.15) is 0 Å². The minimum absolute atomic E-state index is 0.00838. The van der Waals surface area contributed by atoms with Crippen LogP contribution in [0.15, 0.2) is 30.3 Å². The number of hydrogen-bond acceptors (Lipinski definition) is 2. The van der Waals surface area contributed by atoms with Crippen molar-refractivity contribution >= 4 is 5.78 Å². The molecule has 0 aliphatic heterocycles. The largest absolute Gasteiger partial charge is 0.390 e. The molecule has 0 unspecified atom stereocenters. The van der Waals surface area contributed by atoms with E-state index >= 15 is 0 Å². The van der Waals surface area contributed by atoms with Crippen molar-refractivity contribution in [3.63, 3.8) is 0 Å². The molecular formula is C13H18O2. The highest BCUT2D eigenvalue weighted by molar-refractivity contribution is 5.96. The molecule has 0 radical (unpaired) electrons. The number of Topliss-reactive ketones (excluding diaryl/α,β-unsaturated/α-hetero) is 1. The minimum atomic E-state index is -0.873. The lowest BCUT2D eigenvalue weighted by Crippen LogP contribution is -2.27. The average molecular weight is 206 g/mol. The van der Waals surface area contributed by atoms with Crippen molar-refractivity contribution in [2.75, 3.05) is 0 Å². The van der Waals surface area contributed by atoms with Gasteiger partial charge >= 0.3 is 0 Å². The molecule has 1 N–H and O–H groups in total. The third-order valence-electron chi connectivity index (χ3n) is 2.43. The number of ketones is 1. The molecule has 1 rings (SSSR count). The zero-order valence-electron chi connectivity index (χ0n) is 9.36. The predicted octanol–water partition coefficient (Wildman–Crippen LogP) is 2.81. The predicted molar refractivity (Wildman–Crippen MR) is 60.9 cm³/mol. The molecule has 0 aromatic heterocycles. The summed E-state index contributed by atoms with van der Waals surface area (Å²) in [6.45, 7) is 3.72. The molecule has 0 saturated carbocycles. The number of rotatable bonds is 5. The van der Waals surface area contributed by atoms with Gasteiger partial charge in [-0.25, -0.2) is 0 Å². The summed E-state index contributed by atoms with van der Waals surface area (Å²) in [5.74, 6) is 0.00838. The summed E-state index contributed by atoms with van der Waals surface area (Å²) < 4.78 is 0. The molecule has 2 nitrogen and oxygen atoms in total. The van der Waals surface area contributed by atoms with Gasteiger partial charge in [-0.3, -0.25) is 4.79 Å². The monoisotopic (exact) mass is 206 g/mol. The third kappa shape index (κ3) is 3.84. The number of aliphatic hydroxyl groups is 1. The van der Waals surface area contributed by atoms with Gasteiger partial charge in [0.25, 0.3) is 0 Å². The van der Waals surface area contributed by atoms with Crippen molar-refractivity contribution in [2.45, 2.75) is 38.7 Å². The van der Waals surface area contributed by atoms with Crippen LogP contribution in [0.4, 0.5) is 0 Å². The van der Waals surface area contributed by atoms with E-state index in [1.807, 2.05) is 25.1 Å². The first-order valence-electron chi connectivity index (χ1n) is 5.36. The van der Waals surface area contributed by atoms with Crippen molar-refractivity contribution in [3.05, 3.63) is 35.9 Å². The topological polar surface area (TPSA) is 37.3 Å². The van der Waals surface area contributed by atoms with Gasteiger partial charge in [0, 0.05) is 12.0 Å². The van der Waals surface area contributed by atoms with E-state index in [2.05, 4.69) is 0 Å². The number of hydrogen-bond donors (Lipinski definition) is 1. The van der Waals surface area contributed by atoms with E-state index in [-0.39, 0.29) is 12.2 Å². The molecule has 0 spiro atoms. The van der Waals surface area contributed by atoms with Crippen LogP contribution in [0.1, 0.15) is 43.5 Å². The van der Waals surface area contributed by atoms with E-state index in [1.165, 1.54) is 0 Å². The van der Waals surface area contributed by atoms with E-state index < -0.39 is 5.60 Å². The molecule has 1 aromatic rings. The lowest BCUT2D eigenvalue weighted by molar-refractivity contribution is 0.0385. The molecule has 0 aliphatic carbocycles. The van der Waals surface area contributed by atoms with Crippen LogP contribution in [0.5, 0.6) is 0 Å². The van der Waals surface area contributed by atoms with Crippen molar-refractivity contribution in [1.29, 1.82) is 0 Å². The normalized spacial score (nSPS) is 14.6. The molecule has 0 bridgehead atoms. The Kier molecular flexibility index (Phi) is 4.04. The summed E-state index contributed by atoms with van der Waals surface area (Å²) in [4.78, 5) is 11.8. The molecule has 0 aliphatic rings. The van der Waals surface area contributed by atoms with Crippen LogP contribution in [-0.4, -0.2) is 16.5 Å². The Morgan fingerprint density at radius 1 is 1.33 bits per heavy atom. The molecule has 82 valence electrons. The third-order valence-corrected chi connectivity index (χ3v) is 2.43. The summed E-state index contributed by atoms with van der Waals surface area (Å²) >= 11 is 0. The molecule has 0 heterocycles. The molecule has 2 heteroatoms. The van der Waals surface area contributed by atoms with Crippen LogP contribution in [-0.2, 0) is 0 Å². The van der Waals surface area contributed by atoms with Gasteiger partial charge in [0.05, 0.1) is 5.60 Å². The van der Waals surface area contributed by atoms with Crippen molar-refractivity contribution in [1.82, 2.24) is 0 Å². The molecule has 0 saturated heterocycles. The Morgan fingerprint density at radius 3 is 2.47 bits per heavy atom. The smallest absolute Gasteiger partial charge is 0.165 e. The number of carbonyl (C=O) groups is 1. The van der Waals surface area contributed by atoms with E-state index in [1.54, 1.807) is 19.1 Å². The van der Waals surface area contributed by atoms with Gasteiger partial charge in [0.2, 0.25) is 0 Å². The van der Waals surface area contributed by atoms with Crippen LogP contribution >= 0.6 is 0 Å². The molecular weight excluding hydrogens is 188 g/mol. The van der Waals surface area contributed by atoms with Crippen molar-refractivity contribution in [2.24, 2.45) is 0 Å². The number of carbonyl (C=O) groups excluding carboxylic acids is 1. The lowest BCUT2D eigenvalue weighted by atomic mass is 9.92. The van der Waals surface area contributed by atoms with E-state index in [4.69, 9.17) is 0 Å². The second kappa shape index (κ2) is 5.08. The molecule has 1 aromatic carbocycles. The first kappa shape index (κ1) is 11.9. The molecule has 1 atom stereocenters. The first-order chi connectivity index (χ1) is 7.05. The van der Waals surface area contributed by atoms with Crippen molar-refractivity contribution in [3.8, 4) is 0 Å². The van der Waals surface area contributed by atoms with E-state index in [0.29, 0.717) is 12.0 Å². The first-order valence-corrected chi connectivity index (χ1v) is 5.36. The fraction of sp³-hybridized carbons (Fsp3) is 0.462. The summed E-state index contributed by atoms with van der Waals surface area (Å²) in [6, 6.07) is 9.11. The second-order valence-electron chi connectivity index (χ2n) is 4.21. The molecule has 0 amide bonds. The lowest BCUT2D eigenvalue weighted by Gasteiger charge is -2.21. The quantitative estimate of drug-likeness (QED) is 0.752. The van der Waals surface area contributed by atoms with Crippen molar-refractivity contribution < 1.29 is 9.90 Å². The summed E-state index contributed by atoms with van der Waals surface area (Å²) in [5, 5.41) is 9.93. The maximum absolute atomic E-state index is 11.8. The summed E-state index contributed by atoms with van der Waals surface area (Å²) in [6.07, 6.45) is 1.74. The van der Waals surface area contributed by atoms with Gasteiger partial charge in [-0.15, -0.1) is 0 Å². The zero-order valence-corrected chi connectivity index (χ0v) is 9.36. The Morgan fingerprint density at radius 2 is 1.93 bits per heavy atom. The van der Waals surface area contributed by atoms with Gasteiger partial charge in [-0.1, -0.05) is 43.7 Å². The highest BCUT2D eigenvalue weighted by Crippen LogP contribution is 2.19. The Hall–Kier alpha value is -1.15. The van der Waals surface area contributed by atoms with E-state index in [0.717, 1.165) is 6.42 Å². The van der Waals surface area contributed by atoms with Crippen LogP contribution in [0.2, 0.25) is 0 Å². The van der Waals surface area contributed by atoms with Gasteiger partial charge in [-0.05, 0) is 13.3 Å². The maximum atomic E-state index is 11.8. The molecule has 0 fully saturated rings. The van der Waals surface area contributed by atoms with Gasteiger partial charge in [0.15, 0.2) is 5.78 Å². The standard InChI is InChI=1S/C13H18O2/c1-3-9-13(2,15)10-12(14)11-7-5-4-6-8-11/h4-8,15H,3,9-10H2,1-2H3/t13-/m0/s1. The average Bonchev–Trinajstić information content (AvgIpc) is 2.18. The number of benzene rings is 1. The summed E-state index contributed by atoms with van der Waals surface area (Å²) in [7, 11) is 0. The Bertz CT molecular complexity index is 315. The zero-order chi connectivity index (χ0) is 11.3. The fourth-order valence-corrected chi connectivity index (χ4v) is 1.70. The molecule has 15 heavy (non-hydrogen) atoms. The highest BCUT2D eigenvalue weighted by Gasteiger charge is 2.23. The van der Waals surface area contributed by atoms with Crippen LogP contribution in [0.25, 0.3) is 0 Å². The Balaban J connectivity index is 2.64. The summed E-state index contributed by atoms with van der Waals surface area (Å²) in [5.41, 5.74) is -0.198. The Labute approximate surface area is 90.9 Å². The fourth-order valence-electron chi connectivity index (χ4n) is 1.70. The van der Waals surface area contributed by atoms with Crippen LogP contribution < -0.4 is 0 Å². The van der Waals surface area contributed by atoms with E-state index in [9.17, 15) is 9.90 Å². The van der Waals surface area contributed by atoms with Crippen LogP contribution in [0, 0.1) is 0 Å². The SMILES string of the molecule is CCC[C@](C)(O)CC(=O)c1ccccc1. The van der Waals surface area contributed by atoms with Crippen LogP contribution in [0.3, 0.4) is 0 Å². The highest BCUT2D eigenvalue weighted by atomic mass is 16.3. The minimum Gasteiger partial charge on any atom is -0.390 e. The second-order valence-corrected chi connectivity index (χ2v) is 4.21. The van der Waals surface area contributed by atoms with Gasteiger partial charge in [-0.2, -0.15) is 0 Å². The van der Waals surface area contributed by atoms with Gasteiger partial charge < -0.3 is 5.11 Å². The maximum Gasteiger partial charge on any atom is 0.165 e.